The highest BCUT2D eigenvalue weighted by Crippen LogP contribution is 2.22. The van der Waals surface area contributed by atoms with Crippen LogP contribution in [0.2, 0.25) is 0 Å². The lowest BCUT2D eigenvalue weighted by Gasteiger charge is -2.13. The zero-order chi connectivity index (χ0) is 17.5. The Hall–Kier alpha value is -2.29. The Kier molecular flexibility index (Phi) is 6.42. The molecule has 0 aliphatic carbocycles. The molecule has 0 fully saturated rings. The van der Waals surface area contributed by atoms with E-state index < -0.39 is 6.04 Å². The van der Waals surface area contributed by atoms with Gasteiger partial charge in [0.25, 0.3) is 0 Å². The van der Waals surface area contributed by atoms with Gasteiger partial charge in [0.2, 0.25) is 11.8 Å². The molecule has 2 aromatic rings. The molecule has 2 N–H and O–H groups in total. The molecule has 2 rings (SSSR count). The second kappa shape index (κ2) is 8.53. The first-order valence-corrected chi connectivity index (χ1v) is 8.64. The number of furan rings is 1. The van der Waals surface area contributed by atoms with Crippen molar-refractivity contribution in [2.24, 2.45) is 7.05 Å². The number of hydrogen-bond acceptors (Lipinski definition) is 6. The van der Waals surface area contributed by atoms with Gasteiger partial charge in [0.05, 0.1) is 12.0 Å². The molecule has 0 radical (unpaired) electrons. The van der Waals surface area contributed by atoms with E-state index in [2.05, 4.69) is 20.8 Å². The Balaban J connectivity index is 1.85. The number of hydrogen-bond donors (Lipinski definition) is 2. The van der Waals surface area contributed by atoms with E-state index in [0.717, 1.165) is 6.42 Å². The Morgan fingerprint density at radius 1 is 1.42 bits per heavy atom. The van der Waals surface area contributed by atoms with Crippen molar-refractivity contribution in [3.8, 4) is 11.6 Å². The zero-order valence-electron chi connectivity index (χ0n) is 13.9. The zero-order valence-corrected chi connectivity index (χ0v) is 14.7. The largest absolute Gasteiger partial charge is 0.461 e. The lowest BCUT2D eigenvalue weighted by atomic mass is 10.3. The molecule has 0 saturated heterocycles. The standard InChI is InChI=1S/C15H21N5O3S/c1-4-7-16-14(22)10(2)17-12(21)9-24-15-19-18-13(20(15)3)11-6-5-8-23-11/h5-6,8,10H,4,7,9H2,1-3H3,(H,16,22)(H,17,21)/t10-/m1/s1. The van der Waals surface area contributed by atoms with E-state index in [1.54, 1.807) is 36.9 Å². The van der Waals surface area contributed by atoms with E-state index in [1.807, 2.05) is 6.92 Å². The van der Waals surface area contributed by atoms with Crippen LogP contribution in [-0.2, 0) is 16.6 Å². The van der Waals surface area contributed by atoms with Crippen molar-refractivity contribution in [2.45, 2.75) is 31.5 Å². The summed E-state index contributed by atoms with van der Waals surface area (Å²) >= 11 is 1.25. The Labute approximate surface area is 144 Å². The summed E-state index contributed by atoms with van der Waals surface area (Å²) in [5.41, 5.74) is 0. The predicted molar refractivity (Wildman–Crippen MR) is 90.3 cm³/mol. The minimum atomic E-state index is -0.567. The van der Waals surface area contributed by atoms with Gasteiger partial charge in [-0.25, -0.2) is 0 Å². The van der Waals surface area contributed by atoms with Gasteiger partial charge in [0.1, 0.15) is 6.04 Å². The Morgan fingerprint density at radius 2 is 2.21 bits per heavy atom. The van der Waals surface area contributed by atoms with E-state index in [4.69, 9.17) is 4.42 Å². The smallest absolute Gasteiger partial charge is 0.242 e. The maximum Gasteiger partial charge on any atom is 0.242 e. The average molecular weight is 351 g/mol. The number of thioether (sulfide) groups is 1. The van der Waals surface area contributed by atoms with E-state index in [0.29, 0.717) is 23.3 Å². The molecule has 9 heteroatoms. The molecule has 1 atom stereocenters. The summed E-state index contributed by atoms with van der Waals surface area (Å²) in [6.45, 7) is 4.23. The van der Waals surface area contributed by atoms with Gasteiger partial charge in [-0.2, -0.15) is 0 Å². The first-order valence-electron chi connectivity index (χ1n) is 7.66. The second-order valence-corrected chi connectivity index (χ2v) is 6.15. The maximum atomic E-state index is 12.0. The Morgan fingerprint density at radius 3 is 2.88 bits per heavy atom. The number of carbonyl (C=O) groups excluding carboxylic acids is 2. The number of aromatic nitrogens is 3. The van der Waals surface area contributed by atoms with Crippen LogP contribution in [0.25, 0.3) is 11.6 Å². The summed E-state index contributed by atoms with van der Waals surface area (Å²) in [6.07, 6.45) is 2.42. The molecule has 0 bridgehead atoms. The summed E-state index contributed by atoms with van der Waals surface area (Å²) in [6, 6.07) is 3.00. The van der Waals surface area contributed by atoms with Crippen molar-refractivity contribution in [3.05, 3.63) is 18.4 Å². The third-order valence-electron chi connectivity index (χ3n) is 3.23. The molecule has 2 aromatic heterocycles. The molecular formula is C15H21N5O3S. The quantitative estimate of drug-likeness (QED) is 0.693. The van der Waals surface area contributed by atoms with Crippen molar-refractivity contribution < 1.29 is 14.0 Å². The van der Waals surface area contributed by atoms with Crippen LogP contribution in [0.4, 0.5) is 0 Å². The van der Waals surface area contributed by atoms with E-state index >= 15 is 0 Å². The van der Waals surface area contributed by atoms with Crippen molar-refractivity contribution >= 4 is 23.6 Å². The van der Waals surface area contributed by atoms with E-state index in [9.17, 15) is 9.59 Å². The van der Waals surface area contributed by atoms with Gasteiger partial charge in [-0.1, -0.05) is 18.7 Å². The van der Waals surface area contributed by atoms with Gasteiger partial charge in [0.15, 0.2) is 16.7 Å². The number of amides is 2. The van der Waals surface area contributed by atoms with Crippen LogP contribution in [0.1, 0.15) is 20.3 Å². The normalized spacial score (nSPS) is 12.0. The third kappa shape index (κ3) is 4.60. The number of rotatable bonds is 8. The van der Waals surface area contributed by atoms with Crippen LogP contribution >= 0.6 is 11.8 Å². The predicted octanol–water partition coefficient (Wildman–Crippen LogP) is 1.20. The minimum absolute atomic E-state index is 0.148. The molecule has 0 unspecified atom stereocenters. The fourth-order valence-corrected chi connectivity index (χ4v) is 2.66. The van der Waals surface area contributed by atoms with Gasteiger partial charge >= 0.3 is 0 Å². The fourth-order valence-electron chi connectivity index (χ4n) is 1.94. The van der Waals surface area contributed by atoms with Crippen LogP contribution in [0.5, 0.6) is 0 Å². The summed E-state index contributed by atoms with van der Waals surface area (Å²) < 4.78 is 7.05. The van der Waals surface area contributed by atoms with Gasteiger partial charge < -0.3 is 19.6 Å². The molecule has 24 heavy (non-hydrogen) atoms. The summed E-state index contributed by atoms with van der Waals surface area (Å²) in [7, 11) is 1.80. The van der Waals surface area contributed by atoms with Crippen LogP contribution in [0.15, 0.2) is 28.0 Å². The number of nitrogens with one attached hydrogen (secondary N) is 2. The highest BCUT2D eigenvalue weighted by molar-refractivity contribution is 7.99. The lowest BCUT2D eigenvalue weighted by Crippen LogP contribution is -2.45. The topological polar surface area (TPSA) is 102 Å². The first kappa shape index (κ1) is 18.1. The highest BCUT2D eigenvalue weighted by atomic mass is 32.2. The molecule has 130 valence electrons. The highest BCUT2D eigenvalue weighted by Gasteiger charge is 2.17. The number of carbonyl (C=O) groups is 2. The van der Waals surface area contributed by atoms with Crippen LogP contribution in [-0.4, -0.2) is 44.9 Å². The summed E-state index contributed by atoms with van der Waals surface area (Å²) in [5, 5.41) is 14.1. The fraction of sp³-hybridized carbons (Fsp3) is 0.467. The van der Waals surface area contributed by atoms with Crippen LogP contribution in [0.3, 0.4) is 0 Å². The average Bonchev–Trinajstić information content (AvgIpc) is 3.20. The van der Waals surface area contributed by atoms with Gasteiger partial charge in [-0.15, -0.1) is 10.2 Å². The third-order valence-corrected chi connectivity index (χ3v) is 4.25. The Bertz CT molecular complexity index is 683. The molecule has 0 spiro atoms. The monoisotopic (exact) mass is 351 g/mol. The van der Waals surface area contributed by atoms with Gasteiger partial charge in [0, 0.05) is 13.6 Å². The minimum Gasteiger partial charge on any atom is -0.461 e. The molecular weight excluding hydrogens is 330 g/mol. The molecule has 0 aromatic carbocycles. The van der Waals surface area contributed by atoms with Crippen molar-refractivity contribution in [3.63, 3.8) is 0 Å². The molecule has 2 heterocycles. The molecule has 0 aliphatic rings. The SMILES string of the molecule is CCCNC(=O)[C@@H](C)NC(=O)CSc1nnc(-c2ccco2)n1C. The summed E-state index contributed by atoms with van der Waals surface area (Å²) in [4.78, 5) is 23.7. The maximum absolute atomic E-state index is 12.0. The molecule has 8 nitrogen and oxygen atoms in total. The molecule has 2 amide bonds. The van der Waals surface area contributed by atoms with Crippen LogP contribution < -0.4 is 10.6 Å². The van der Waals surface area contributed by atoms with Gasteiger partial charge in [-0.3, -0.25) is 9.59 Å². The second-order valence-electron chi connectivity index (χ2n) is 5.21. The number of nitrogens with zero attached hydrogens (tertiary/aromatic N) is 3. The van der Waals surface area contributed by atoms with Crippen molar-refractivity contribution in [1.29, 1.82) is 0 Å². The van der Waals surface area contributed by atoms with E-state index in [1.165, 1.54) is 11.8 Å². The summed E-state index contributed by atoms with van der Waals surface area (Å²) in [5.74, 6) is 0.934. The van der Waals surface area contributed by atoms with Gasteiger partial charge in [-0.05, 0) is 25.5 Å². The molecule has 0 aliphatic heterocycles. The molecule has 0 saturated carbocycles. The van der Waals surface area contributed by atoms with Crippen LogP contribution in [0, 0.1) is 0 Å². The van der Waals surface area contributed by atoms with E-state index in [-0.39, 0.29) is 17.6 Å². The van der Waals surface area contributed by atoms with Crippen molar-refractivity contribution in [1.82, 2.24) is 25.4 Å². The lowest BCUT2D eigenvalue weighted by molar-refractivity contribution is -0.127. The first-order chi connectivity index (χ1) is 11.5. The van der Waals surface area contributed by atoms with Crippen molar-refractivity contribution in [2.75, 3.05) is 12.3 Å².